The maximum absolute atomic E-state index is 6.27. The first-order valence-corrected chi connectivity index (χ1v) is 4.56. The number of furan rings is 1. The molecule has 3 heteroatoms. The van der Waals surface area contributed by atoms with Crippen molar-refractivity contribution in [3.05, 3.63) is 23.7 Å². The summed E-state index contributed by atoms with van der Waals surface area (Å²) in [6, 6.07) is 2.01. The Morgan fingerprint density at radius 3 is 2.46 bits per heavy atom. The van der Waals surface area contributed by atoms with E-state index in [1.807, 2.05) is 13.0 Å². The highest BCUT2D eigenvalue weighted by molar-refractivity contribution is 5.85. The minimum absolute atomic E-state index is 0. The Kier molecular flexibility index (Phi) is 3.04. The van der Waals surface area contributed by atoms with Crippen molar-refractivity contribution in [3.8, 4) is 0 Å². The van der Waals surface area contributed by atoms with Gasteiger partial charge in [-0.1, -0.05) is 12.8 Å². The van der Waals surface area contributed by atoms with Crippen LogP contribution in [-0.4, -0.2) is 0 Å². The van der Waals surface area contributed by atoms with Crippen LogP contribution in [0, 0.1) is 6.92 Å². The number of rotatable bonds is 1. The molecule has 1 aliphatic carbocycles. The summed E-state index contributed by atoms with van der Waals surface area (Å²) in [6.07, 6.45) is 6.45. The van der Waals surface area contributed by atoms with E-state index in [2.05, 4.69) is 0 Å². The topological polar surface area (TPSA) is 39.2 Å². The van der Waals surface area contributed by atoms with Crippen molar-refractivity contribution in [1.29, 1.82) is 0 Å². The highest BCUT2D eigenvalue weighted by Crippen LogP contribution is 2.37. The van der Waals surface area contributed by atoms with E-state index in [9.17, 15) is 0 Å². The average molecular weight is 202 g/mol. The highest BCUT2D eigenvalue weighted by Gasteiger charge is 2.33. The van der Waals surface area contributed by atoms with E-state index in [1.54, 1.807) is 6.26 Å². The molecule has 2 rings (SSSR count). The van der Waals surface area contributed by atoms with Crippen LogP contribution in [0.4, 0.5) is 0 Å². The Morgan fingerprint density at radius 1 is 1.38 bits per heavy atom. The molecular weight excluding hydrogens is 186 g/mol. The zero-order chi connectivity index (χ0) is 8.60. The van der Waals surface area contributed by atoms with Crippen molar-refractivity contribution < 1.29 is 4.42 Å². The van der Waals surface area contributed by atoms with Gasteiger partial charge < -0.3 is 10.2 Å². The third-order valence-corrected chi connectivity index (χ3v) is 2.89. The van der Waals surface area contributed by atoms with E-state index in [-0.39, 0.29) is 17.9 Å². The van der Waals surface area contributed by atoms with Gasteiger partial charge in [-0.15, -0.1) is 12.4 Å². The lowest BCUT2D eigenvalue weighted by Crippen LogP contribution is -2.33. The zero-order valence-corrected chi connectivity index (χ0v) is 8.69. The van der Waals surface area contributed by atoms with Crippen molar-refractivity contribution in [2.24, 2.45) is 5.73 Å². The van der Waals surface area contributed by atoms with Crippen LogP contribution in [0.2, 0.25) is 0 Å². The van der Waals surface area contributed by atoms with Gasteiger partial charge in [-0.2, -0.15) is 0 Å². The third kappa shape index (κ3) is 1.74. The maximum Gasteiger partial charge on any atom is 0.105 e. The maximum atomic E-state index is 6.27. The monoisotopic (exact) mass is 201 g/mol. The van der Waals surface area contributed by atoms with Gasteiger partial charge in [-0.3, -0.25) is 0 Å². The van der Waals surface area contributed by atoms with Crippen LogP contribution in [0.5, 0.6) is 0 Å². The van der Waals surface area contributed by atoms with E-state index in [0.717, 1.165) is 18.6 Å². The van der Waals surface area contributed by atoms with E-state index in [1.165, 1.54) is 18.4 Å². The molecule has 0 spiro atoms. The second-order valence-electron chi connectivity index (χ2n) is 3.75. The summed E-state index contributed by atoms with van der Waals surface area (Å²) in [7, 11) is 0. The molecule has 0 radical (unpaired) electrons. The van der Waals surface area contributed by atoms with Gasteiger partial charge in [0.05, 0.1) is 6.26 Å². The van der Waals surface area contributed by atoms with Gasteiger partial charge in [0.15, 0.2) is 0 Å². The lowest BCUT2D eigenvalue weighted by atomic mass is 9.90. The van der Waals surface area contributed by atoms with Crippen molar-refractivity contribution in [3.63, 3.8) is 0 Å². The summed E-state index contributed by atoms with van der Waals surface area (Å²) < 4.78 is 5.26. The molecule has 0 bridgehead atoms. The molecule has 2 nitrogen and oxygen atoms in total. The molecule has 1 saturated carbocycles. The Hall–Kier alpha value is -0.470. The van der Waals surface area contributed by atoms with Crippen molar-refractivity contribution >= 4 is 12.4 Å². The van der Waals surface area contributed by atoms with Crippen LogP contribution >= 0.6 is 12.4 Å². The van der Waals surface area contributed by atoms with Crippen LogP contribution in [0.25, 0.3) is 0 Å². The second kappa shape index (κ2) is 3.72. The molecule has 0 unspecified atom stereocenters. The van der Waals surface area contributed by atoms with Gasteiger partial charge >= 0.3 is 0 Å². The normalized spacial score (nSPS) is 19.8. The molecule has 1 aromatic rings. The first kappa shape index (κ1) is 10.6. The number of hydrogen-bond acceptors (Lipinski definition) is 2. The summed E-state index contributed by atoms with van der Waals surface area (Å²) in [4.78, 5) is 0. The number of aryl methyl sites for hydroxylation is 1. The Labute approximate surface area is 84.9 Å². The number of nitrogens with two attached hydrogens (primary N) is 1. The average Bonchev–Trinajstić information content (AvgIpc) is 2.59. The molecule has 0 atom stereocenters. The standard InChI is InChI=1S/C10H15NO.ClH/c1-8-9(4-7-12-8)10(11)5-2-3-6-10;/h4,7H,2-3,5-6,11H2,1H3;1H. The van der Waals surface area contributed by atoms with Gasteiger partial charge in [0, 0.05) is 11.1 Å². The Balaban J connectivity index is 0.000000845. The largest absolute Gasteiger partial charge is 0.469 e. The van der Waals surface area contributed by atoms with Crippen LogP contribution in [0.15, 0.2) is 16.7 Å². The van der Waals surface area contributed by atoms with Gasteiger partial charge in [0.2, 0.25) is 0 Å². The molecule has 2 N–H and O–H groups in total. The fourth-order valence-corrected chi connectivity index (χ4v) is 2.18. The number of halogens is 1. The molecule has 0 amide bonds. The van der Waals surface area contributed by atoms with Gasteiger partial charge in [-0.25, -0.2) is 0 Å². The Bertz CT molecular complexity index is 276. The first-order chi connectivity index (χ1) is 5.72. The molecule has 0 saturated heterocycles. The molecule has 0 aromatic carbocycles. The first-order valence-electron chi connectivity index (χ1n) is 4.56. The molecule has 1 fully saturated rings. The lowest BCUT2D eigenvalue weighted by Gasteiger charge is -2.22. The minimum atomic E-state index is -0.0862. The predicted molar refractivity (Wildman–Crippen MR) is 55.0 cm³/mol. The van der Waals surface area contributed by atoms with E-state index in [4.69, 9.17) is 10.2 Å². The summed E-state index contributed by atoms with van der Waals surface area (Å²) in [6.45, 7) is 1.99. The molecule has 0 aliphatic heterocycles. The third-order valence-electron chi connectivity index (χ3n) is 2.89. The molecule has 1 aliphatic rings. The molecule has 1 heterocycles. The summed E-state index contributed by atoms with van der Waals surface area (Å²) in [5, 5.41) is 0. The van der Waals surface area contributed by atoms with E-state index >= 15 is 0 Å². The predicted octanol–water partition coefficient (Wildman–Crippen LogP) is 2.74. The van der Waals surface area contributed by atoms with Crippen LogP contribution < -0.4 is 5.73 Å². The Morgan fingerprint density at radius 2 is 2.00 bits per heavy atom. The van der Waals surface area contributed by atoms with E-state index in [0.29, 0.717) is 0 Å². The minimum Gasteiger partial charge on any atom is -0.469 e. The zero-order valence-electron chi connectivity index (χ0n) is 7.88. The van der Waals surface area contributed by atoms with Gasteiger partial charge in [0.25, 0.3) is 0 Å². The fourth-order valence-electron chi connectivity index (χ4n) is 2.18. The van der Waals surface area contributed by atoms with E-state index < -0.39 is 0 Å². The molecular formula is C10H16ClNO. The fraction of sp³-hybridized carbons (Fsp3) is 0.600. The van der Waals surface area contributed by atoms with Crippen LogP contribution in [0.3, 0.4) is 0 Å². The molecule has 1 aromatic heterocycles. The van der Waals surface area contributed by atoms with Crippen molar-refractivity contribution in [2.45, 2.75) is 38.1 Å². The molecule has 13 heavy (non-hydrogen) atoms. The smallest absolute Gasteiger partial charge is 0.105 e. The summed E-state index contributed by atoms with van der Waals surface area (Å²) in [5.41, 5.74) is 7.39. The summed E-state index contributed by atoms with van der Waals surface area (Å²) >= 11 is 0. The highest BCUT2D eigenvalue weighted by atomic mass is 35.5. The van der Waals surface area contributed by atoms with Crippen LogP contribution in [0.1, 0.15) is 37.0 Å². The van der Waals surface area contributed by atoms with Crippen LogP contribution in [-0.2, 0) is 5.54 Å². The number of hydrogen-bond donors (Lipinski definition) is 1. The van der Waals surface area contributed by atoms with Crippen molar-refractivity contribution in [1.82, 2.24) is 0 Å². The van der Waals surface area contributed by atoms with Gasteiger partial charge in [-0.05, 0) is 25.8 Å². The SMILES string of the molecule is Cc1occc1C1(N)CCCC1.Cl. The lowest BCUT2D eigenvalue weighted by molar-refractivity contribution is 0.441. The second-order valence-corrected chi connectivity index (χ2v) is 3.75. The quantitative estimate of drug-likeness (QED) is 0.759. The van der Waals surface area contributed by atoms with Crippen molar-refractivity contribution in [2.75, 3.05) is 0 Å². The van der Waals surface area contributed by atoms with Gasteiger partial charge in [0.1, 0.15) is 5.76 Å². The summed E-state index contributed by atoms with van der Waals surface area (Å²) in [5.74, 6) is 0.986. The molecule has 74 valence electrons.